The van der Waals surface area contributed by atoms with Crippen LogP contribution in [0.2, 0.25) is 0 Å². The Morgan fingerprint density at radius 1 is 0.894 bits per heavy atom. The molecule has 0 unspecified atom stereocenters. The molecular formula is C34H21F4N5O4. The zero-order chi connectivity index (χ0) is 33.2. The quantitative estimate of drug-likeness (QED) is 0.142. The van der Waals surface area contributed by atoms with Crippen molar-refractivity contribution in [2.24, 2.45) is 0 Å². The molecule has 1 N–H and O–H groups in total. The lowest BCUT2D eigenvalue weighted by Gasteiger charge is -2.10. The number of carbonyl (C=O) groups excluding carboxylic acids is 2. The van der Waals surface area contributed by atoms with Crippen LogP contribution in [0.5, 0.6) is 11.6 Å². The van der Waals surface area contributed by atoms with Crippen molar-refractivity contribution in [1.82, 2.24) is 19.5 Å². The number of ether oxygens (including phenoxy) is 2. The molecule has 234 valence electrons. The Morgan fingerprint density at radius 2 is 1.70 bits per heavy atom. The molecule has 0 aliphatic heterocycles. The largest absolute Gasteiger partial charge is 0.473 e. The van der Waals surface area contributed by atoms with Crippen molar-refractivity contribution in [3.8, 4) is 29.0 Å². The number of H-pyrrole nitrogens is 1. The van der Waals surface area contributed by atoms with Gasteiger partial charge in [0.1, 0.15) is 29.9 Å². The molecule has 0 saturated carbocycles. The monoisotopic (exact) mass is 639 g/mol. The SMILES string of the molecule is CC(=O)n1cc(F)c(OC(=O)c2ccc3nc(Cc4cc(F)c(-c5cccc(OCc6ccc(C#N)cc6F)n5)cc4F)[nH]c3c2)c1. The van der Waals surface area contributed by atoms with Gasteiger partial charge >= 0.3 is 5.97 Å². The molecule has 0 amide bonds. The Balaban J connectivity index is 1.16. The molecule has 3 aromatic heterocycles. The number of hydrogen-bond donors (Lipinski definition) is 1. The number of carbonyl (C=O) groups is 2. The van der Waals surface area contributed by atoms with Crippen LogP contribution >= 0.6 is 0 Å². The summed E-state index contributed by atoms with van der Waals surface area (Å²) in [6.45, 7) is 1.03. The van der Waals surface area contributed by atoms with Crippen LogP contribution in [0, 0.1) is 34.6 Å². The number of pyridine rings is 1. The first-order valence-corrected chi connectivity index (χ1v) is 13.9. The van der Waals surface area contributed by atoms with E-state index < -0.39 is 40.9 Å². The van der Waals surface area contributed by atoms with Gasteiger partial charge < -0.3 is 14.5 Å². The van der Waals surface area contributed by atoms with Crippen molar-refractivity contribution in [1.29, 1.82) is 5.26 Å². The Kier molecular flexibility index (Phi) is 8.24. The first-order valence-electron chi connectivity index (χ1n) is 13.9. The summed E-state index contributed by atoms with van der Waals surface area (Å²) in [5, 5.41) is 8.89. The number of hydrogen-bond acceptors (Lipinski definition) is 7. The van der Waals surface area contributed by atoms with Crippen molar-refractivity contribution < 1.29 is 36.6 Å². The lowest BCUT2D eigenvalue weighted by Crippen LogP contribution is -2.09. The summed E-state index contributed by atoms with van der Waals surface area (Å²) in [5.74, 6) is -4.39. The van der Waals surface area contributed by atoms with Crippen molar-refractivity contribution in [2.45, 2.75) is 20.0 Å². The summed E-state index contributed by atoms with van der Waals surface area (Å²) in [7, 11) is 0. The van der Waals surface area contributed by atoms with Crippen LogP contribution in [0.3, 0.4) is 0 Å². The zero-order valence-corrected chi connectivity index (χ0v) is 24.4. The summed E-state index contributed by atoms with van der Waals surface area (Å²) >= 11 is 0. The maximum absolute atomic E-state index is 15.3. The highest BCUT2D eigenvalue weighted by Gasteiger charge is 2.18. The summed E-state index contributed by atoms with van der Waals surface area (Å²) in [4.78, 5) is 35.7. The van der Waals surface area contributed by atoms with Gasteiger partial charge in [-0.2, -0.15) is 5.26 Å². The van der Waals surface area contributed by atoms with Crippen molar-refractivity contribution in [3.63, 3.8) is 0 Å². The van der Waals surface area contributed by atoms with E-state index in [1.165, 1.54) is 55.5 Å². The number of aromatic amines is 1. The molecule has 0 bridgehead atoms. The van der Waals surface area contributed by atoms with E-state index in [0.717, 1.165) is 35.2 Å². The van der Waals surface area contributed by atoms with Crippen molar-refractivity contribution in [3.05, 3.63) is 130 Å². The lowest BCUT2D eigenvalue weighted by atomic mass is 10.0. The van der Waals surface area contributed by atoms with Gasteiger partial charge in [0.2, 0.25) is 11.8 Å². The number of benzene rings is 3. The number of nitrogens with one attached hydrogen (secondary N) is 1. The average Bonchev–Trinajstić information content (AvgIpc) is 3.64. The maximum Gasteiger partial charge on any atom is 0.343 e. The zero-order valence-electron chi connectivity index (χ0n) is 24.4. The molecule has 0 radical (unpaired) electrons. The highest BCUT2D eigenvalue weighted by Crippen LogP contribution is 2.28. The number of nitrogens with zero attached hydrogens (tertiary/aromatic N) is 4. The Bertz CT molecular complexity index is 2240. The van der Waals surface area contributed by atoms with Crippen LogP contribution in [0.15, 0.2) is 79.1 Å². The highest BCUT2D eigenvalue weighted by molar-refractivity contribution is 5.95. The van der Waals surface area contributed by atoms with Crippen molar-refractivity contribution in [2.75, 3.05) is 0 Å². The molecule has 6 aromatic rings. The van der Waals surface area contributed by atoms with E-state index >= 15 is 8.78 Å². The standard InChI is InChI=1S/C34H21F4N5O4/c1-18(44)43-15-27(38)31(16-43)47-34(45)20-7-8-29-30(11-20)41-32(40-29)12-22-10-26(37)23(13-25(22)36)28-3-2-4-33(42-28)46-17-21-6-5-19(14-39)9-24(21)35/h2-11,13,15-16H,12,17H2,1H3,(H,40,41). The van der Waals surface area contributed by atoms with Gasteiger partial charge in [-0.05, 0) is 54.1 Å². The molecule has 0 aliphatic carbocycles. The van der Waals surface area contributed by atoms with E-state index in [0.29, 0.717) is 11.0 Å². The maximum atomic E-state index is 15.3. The van der Waals surface area contributed by atoms with E-state index in [-0.39, 0.29) is 58.2 Å². The summed E-state index contributed by atoms with van der Waals surface area (Å²) in [5.41, 5.74) is 1.22. The average molecular weight is 640 g/mol. The minimum absolute atomic E-state index is 0.000839. The molecule has 3 heterocycles. The second-order valence-corrected chi connectivity index (χ2v) is 10.4. The van der Waals surface area contributed by atoms with E-state index in [1.807, 2.05) is 6.07 Å². The molecule has 13 heteroatoms. The number of aromatic nitrogens is 4. The molecule has 0 spiro atoms. The number of imidazole rings is 1. The third-order valence-corrected chi connectivity index (χ3v) is 7.13. The smallest absolute Gasteiger partial charge is 0.343 e. The molecule has 9 nitrogen and oxygen atoms in total. The number of fused-ring (bicyclic) bond motifs is 1. The third kappa shape index (κ3) is 6.57. The number of rotatable bonds is 8. The highest BCUT2D eigenvalue weighted by atomic mass is 19.1. The second kappa shape index (κ2) is 12.6. The van der Waals surface area contributed by atoms with Gasteiger partial charge in [0.05, 0.1) is 46.3 Å². The normalized spacial score (nSPS) is 11.0. The van der Waals surface area contributed by atoms with Gasteiger partial charge in [-0.15, -0.1) is 0 Å². The topological polar surface area (TPSA) is 123 Å². The fraction of sp³-hybridized carbons (Fsp3) is 0.0882. The second-order valence-electron chi connectivity index (χ2n) is 10.4. The summed E-state index contributed by atoms with van der Waals surface area (Å²) in [6.07, 6.45) is 1.84. The molecule has 0 fully saturated rings. The molecule has 47 heavy (non-hydrogen) atoms. The molecule has 0 atom stereocenters. The molecular weight excluding hydrogens is 618 g/mol. The van der Waals surface area contributed by atoms with Gasteiger partial charge in [-0.1, -0.05) is 12.1 Å². The van der Waals surface area contributed by atoms with E-state index in [1.54, 1.807) is 0 Å². The predicted molar refractivity (Wildman–Crippen MR) is 160 cm³/mol. The number of halogens is 4. The Morgan fingerprint density at radius 3 is 2.45 bits per heavy atom. The summed E-state index contributed by atoms with van der Waals surface area (Å²) in [6, 6.07) is 16.7. The fourth-order valence-corrected chi connectivity index (χ4v) is 4.73. The first-order chi connectivity index (χ1) is 22.6. The van der Waals surface area contributed by atoms with Crippen LogP contribution in [0.4, 0.5) is 17.6 Å². The van der Waals surface area contributed by atoms with Gasteiger partial charge in [0.25, 0.3) is 0 Å². The van der Waals surface area contributed by atoms with Crippen LogP contribution in [0.1, 0.15) is 44.6 Å². The van der Waals surface area contributed by atoms with E-state index in [2.05, 4.69) is 15.0 Å². The van der Waals surface area contributed by atoms with Crippen LogP contribution in [0.25, 0.3) is 22.3 Å². The van der Waals surface area contributed by atoms with Crippen LogP contribution in [-0.2, 0) is 13.0 Å². The lowest BCUT2D eigenvalue weighted by molar-refractivity contribution is 0.0727. The third-order valence-electron chi connectivity index (χ3n) is 7.13. The van der Waals surface area contributed by atoms with Gasteiger partial charge in [-0.25, -0.2) is 32.3 Å². The summed E-state index contributed by atoms with van der Waals surface area (Å²) < 4.78 is 70.4. The molecule has 0 aliphatic rings. The van der Waals surface area contributed by atoms with Crippen LogP contribution in [-0.4, -0.2) is 31.4 Å². The minimum atomic E-state index is -0.882. The Hall–Kier alpha value is -6.29. The number of nitriles is 1. The van der Waals surface area contributed by atoms with Gasteiger partial charge in [0, 0.05) is 30.5 Å². The first kappa shape index (κ1) is 30.7. The predicted octanol–water partition coefficient (Wildman–Crippen LogP) is 6.90. The fourth-order valence-electron chi connectivity index (χ4n) is 4.73. The number of esters is 1. The molecule has 0 saturated heterocycles. The Labute approximate surface area is 263 Å². The molecule has 6 rings (SSSR count). The van der Waals surface area contributed by atoms with E-state index in [9.17, 15) is 18.4 Å². The van der Waals surface area contributed by atoms with Crippen molar-refractivity contribution >= 4 is 22.9 Å². The van der Waals surface area contributed by atoms with Gasteiger partial charge in [0.15, 0.2) is 11.6 Å². The minimum Gasteiger partial charge on any atom is -0.473 e. The van der Waals surface area contributed by atoms with E-state index in [4.69, 9.17) is 14.7 Å². The van der Waals surface area contributed by atoms with Gasteiger partial charge in [-0.3, -0.25) is 9.36 Å². The van der Waals surface area contributed by atoms with Crippen LogP contribution < -0.4 is 9.47 Å². The molecule has 3 aromatic carbocycles.